The number of rotatable bonds is 2. The highest BCUT2D eigenvalue weighted by Gasteiger charge is 2.27. The van der Waals surface area contributed by atoms with Gasteiger partial charge >= 0.3 is 0 Å². The van der Waals surface area contributed by atoms with E-state index in [-0.39, 0.29) is 17.5 Å². The van der Waals surface area contributed by atoms with E-state index in [1.165, 1.54) is 6.42 Å². The van der Waals surface area contributed by atoms with Crippen LogP contribution in [0.4, 0.5) is 0 Å². The lowest BCUT2D eigenvalue weighted by Crippen LogP contribution is -2.39. The Labute approximate surface area is 145 Å². The summed E-state index contributed by atoms with van der Waals surface area (Å²) in [7, 11) is 0. The second-order valence-electron chi connectivity index (χ2n) is 6.70. The second-order valence-corrected chi connectivity index (χ2v) is 6.70. The zero-order chi connectivity index (χ0) is 17.4. The van der Waals surface area contributed by atoms with E-state index in [1.54, 1.807) is 16.8 Å². The van der Waals surface area contributed by atoms with Crippen molar-refractivity contribution in [2.45, 2.75) is 45.1 Å². The quantitative estimate of drug-likeness (QED) is 0.781. The van der Waals surface area contributed by atoms with Crippen LogP contribution in [-0.4, -0.2) is 38.0 Å². The Morgan fingerprint density at radius 3 is 2.96 bits per heavy atom. The molecule has 1 N–H and O–H groups in total. The van der Waals surface area contributed by atoms with Crippen LogP contribution in [0.15, 0.2) is 35.3 Å². The van der Waals surface area contributed by atoms with Crippen LogP contribution in [0.1, 0.15) is 49.4 Å². The number of carbonyl (C=O) groups excluding carboxylic acids is 1. The maximum atomic E-state index is 13.2. The fourth-order valence-electron chi connectivity index (χ4n) is 3.86. The lowest BCUT2D eigenvalue weighted by Gasteiger charge is -2.29. The normalized spacial score (nSPS) is 18.6. The number of H-pyrrole nitrogens is 1. The number of nitrogens with zero attached hydrogens (tertiary/aromatic N) is 3. The van der Waals surface area contributed by atoms with Crippen molar-refractivity contribution in [1.29, 1.82) is 0 Å². The van der Waals surface area contributed by atoms with E-state index in [9.17, 15) is 9.59 Å². The molecule has 3 aromatic rings. The molecule has 1 aromatic carbocycles. The highest BCUT2D eigenvalue weighted by Crippen LogP contribution is 2.23. The average Bonchev–Trinajstić information content (AvgIpc) is 2.91. The van der Waals surface area contributed by atoms with Crippen LogP contribution in [-0.2, 0) is 0 Å². The SMILES string of the molecule is CCC1CCCCCN1C(=O)c1cnn2c1[nH]c(=O)c1ccccc12. The summed E-state index contributed by atoms with van der Waals surface area (Å²) in [5.74, 6) is -0.0327. The van der Waals surface area contributed by atoms with Crippen LogP contribution in [0, 0.1) is 0 Å². The van der Waals surface area contributed by atoms with Crippen molar-refractivity contribution in [1.82, 2.24) is 19.5 Å². The lowest BCUT2D eigenvalue weighted by molar-refractivity contribution is 0.0680. The fourth-order valence-corrected chi connectivity index (χ4v) is 3.86. The van der Waals surface area contributed by atoms with E-state index in [0.717, 1.165) is 32.2 Å². The highest BCUT2D eigenvalue weighted by molar-refractivity contribution is 6.00. The molecule has 1 atom stereocenters. The van der Waals surface area contributed by atoms with Gasteiger partial charge in [-0.3, -0.25) is 9.59 Å². The van der Waals surface area contributed by atoms with Crippen molar-refractivity contribution in [3.63, 3.8) is 0 Å². The Morgan fingerprint density at radius 2 is 2.12 bits per heavy atom. The molecular weight excluding hydrogens is 316 g/mol. The third kappa shape index (κ3) is 2.62. The standard InChI is InChI=1S/C19H22N4O2/c1-2-13-8-4-3-7-11-22(13)19(25)15-12-20-23-16-10-6-5-9-14(16)18(24)21-17(15)23/h5-6,9-10,12-13H,2-4,7-8,11H2,1H3,(H,21,24). The number of benzene rings is 1. The number of fused-ring (bicyclic) bond motifs is 3. The van der Waals surface area contributed by atoms with Gasteiger partial charge in [0.2, 0.25) is 0 Å². The first-order chi connectivity index (χ1) is 12.2. The van der Waals surface area contributed by atoms with Gasteiger partial charge in [-0.15, -0.1) is 0 Å². The fraction of sp³-hybridized carbons (Fsp3) is 0.421. The molecule has 0 aliphatic carbocycles. The molecule has 1 unspecified atom stereocenters. The highest BCUT2D eigenvalue weighted by atomic mass is 16.2. The number of nitrogens with one attached hydrogen (secondary N) is 1. The Morgan fingerprint density at radius 1 is 1.28 bits per heavy atom. The summed E-state index contributed by atoms with van der Waals surface area (Å²) in [6.07, 6.45) is 6.93. The molecule has 0 bridgehead atoms. The molecule has 0 spiro atoms. The van der Waals surface area contributed by atoms with Crippen LogP contribution >= 0.6 is 0 Å². The number of hydrogen-bond acceptors (Lipinski definition) is 3. The van der Waals surface area contributed by atoms with Gasteiger partial charge in [0.1, 0.15) is 11.2 Å². The largest absolute Gasteiger partial charge is 0.336 e. The van der Waals surface area contributed by atoms with Gasteiger partial charge in [-0.25, -0.2) is 4.52 Å². The number of aromatic amines is 1. The van der Waals surface area contributed by atoms with E-state index < -0.39 is 0 Å². The number of carbonyl (C=O) groups is 1. The molecule has 1 fully saturated rings. The van der Waals surface area contributed by atoms with Gasteiger partial charge in [-0.1, -0.05) is 31.9 Å². The predicted octanol–water partition coefficient (Wildman–Crippen LogP) is 2.97. The summed E-state index contributed by atoms with van der Waals surface area (Å²) in [5.41, 5.74) is 1.47. The second kappa shape index (κ2) is 6.35. The summed E-state index contributed by atoms with van der Waals surface area (Å²) in [4.78, 5) is 30.4. The van der Waals surface area contributed by atoms with Crippen molar-refractivity contribution in [3.8, 4) is 0 Å². The van der Waals surface area contributed by atoms with Crippen LogP contribution in [0.25, 0.3) is 16.6 Å². The van der Waals surface area contributed by atoms with Crippen molar-refractivity contribution in [2.75, 3.05) is 6.54 Å². The Bertz CT molecular complexity index is 988. The molecule has 4 rings (SSSR count). The Balaban J connectivity index is 1.84. The molecule has 3 heterocycles. The zero-order valence-corrected chi connectivity index (χ0v) is 14.4. The van der Waals surface area contributed by atoms with E-state index >= 15 is 0 Å². The summed E-state index contributed by atoms with van der Waals surface area (Å²) < 4.78 is 1.66. The third-order valence-electron chi connectivity index (χ3n) is 5.22. The Kier molecular flexibility index (Phi) is 4.03. The summed E-state index contributed by atoms with van der Waals surface area (Å²) in [6.45, 7) is 2.90. The van der Waals surface area contributed by atoms with Crippen LogP contribution in [0.5, 0.6) is 0 Å². The predicted molar refractivity (Wildman–Crippen MR) is 96.9 cm³/mol. The van der Waals surface area contributed by atoms with E-state index in [0.29, 0.717) is 22.1 Å². The number of para-hydroxylation sites is 1. The van der Waals surface area contributed by atoms with E-state index in [2.05, 4.69) is 17.0 Å². The Hall–Kier alpha value is -2.63. The smallest absolute Gasteiger partial charge is 0.259 e. The topological polar surface area (TPSA) is 70.5 Å². The summed E-state index contributed by atoms with van der Waals surface area (Å²) in [5, 5.41) is 4.95. The zero-order valence-electron chi connectivity index (χ0n) is 14.4. The first-order valence-corrected chi connectivity index (χ1v) is 9.00. The molecule has 130 valence electrons. The van der Waals surface area contributed by atoms with Gasteiger partial charge in [-0.2, -0.15) is 5.10 Å². The molecule has 1 saturated heterocycles. The molecule has 1 aliphatic heterocycles. The molecule has 1 aliphatic rings. The molecule has 0 radical (unpaired) electrons. The summed E-state index contributed by atoms with van der Waals surface area (Å²) >= 11 is 0. The molecule has 25 heavy (non-hydrogen) atoms. The minimum Gasteiger partial charge on any atom is -0.336 e. The molecule has 6 nitrogen and oxygen atoms in total. The molecule has 6 heteroatoms. The van der Waals surface area contributed by atoms with Crippen LogP contribution in [0.2, 0.25) is 0 Å². The van der Waals surface area contributed by atoms with Crippen molar-refractivity contribution >= 4 is 22.5 Å². The van der Waals surface area contributed by atoms with Gasteiger partial charge in [0, 0.05) is 12.6 Å². The van der Waals surface area contributed by atoms with Gasteiger partial charge < -0.3 is 9.88 Å². The molecule has 0 saturated carbocycles. The van der Waals surface area contributed by atoms with Crippen molar-refractivity contribution in [3.05, 3.63) is 46.4 Å². The number of aromatic nitrogens is 3. The van der Waals surface area contributed by atoms with Gasteiger partial charge in [0.25, 0.3) is 11.5 Å². The number of amides is 1. The third-order valence-corrected chi connectivity index (χ3v) is 5.22. The summed E-state index contributed by atoms with van der Waals surface area (Å²) in [6, 6.07) is 7.56. The molecule has 2 aromatic heterocycles. The number of likely N-dealkylation sites (tertiary alicyclic amines) is 1. The lowest BCUT2D eigenvalue weighted by atomic mass is 10.1. The monoisotopic (exact) mass is 338 g/mol. The van der Waals surface area contributed by atoms with Gasteiger partial charge in [0.05, 0.1) is 17.1 Å². The van der Waals surface area contributed by atoms with Crippen molar-refractivity contribution < 1.29 is 4.79 Å². The minimum atomic E-state index is -0.194. The maximum absolute atomic E-state index is 13.2. The van der Waals surface area contributed by atoms with Crippen LogP contribution in [0.3, 0.4) is 0 Å². The molecular formula is C19H22N4O2. The minimum absolute atomic E-state index is 0.0327. The van der Waals surface area contributed by atoms with Gasteiger partial charge in [-0.05, 0) is 31.4 Å². The van der Waals surface area contributed by atoms with Gasteiger partial charge in [0.15, 0.2) is 0 Å². The van der Waals surface area contributed by atoms with E-state index in [1.807, 2.05) is 23.1 Å². The van der Waals surface area contributed by atoms with E-state index in [4.69, 9.17) is 0 Å². The average molecular weight is 338 g/mol. The molecule has 1 amide bonds. The first-order valence-electron chi connectivity index (χ1n) is 9.00. The maximum Gasteiger partial charge on any atom is 0.259 e. The van der Waals surface area contributed by atoms with Crippen molar-refractivity contribution in [2.24, 2.45) is 0 Å². The number of hydrogen-bond donors (Lipinski definition) is 1. The van der Waals surface area contributed by atoms with Crippen LogP contribution < -0.4 is 5.56 Å². The first kappa shape index (κ1) is 15.9.